The molecule has 6 aliphatic heterocycles. The second-order valence-corrected chi connectivity index (χ2v) is 22.5. The van der Waals surface area contributed by atoms with Gasteiger partial charge in [-0.3, -0.25) is 19.4 Å². The highest BCUT2D eigenvalue weighted by Crippen LogP contribution is 2.49. The Morgan fingerprint density at radius 3 is 1.53 bits per heavy atom. The molecule has 3 saturated heterocycles. The van der Waals surface area contributed by atoms with Gasteiger partial charge in [0.25, 0.3) is 5.91 Å². The number of nitrogens with zero attached hydrogens (tertiary/aromatic N) is 5. The van der Waals surface area contributed by atoms with Gasteiger partial charge in [-0.25, -0.2) is 0 Å². The molecule has 15 heteroatoms. The van der Waals surface area contributed by atoms with Crippen molar-refractivity contribution in [2.75, 3.05) is 59.1 Å². The molecule has 4 aromatic carbocycles. The van der Waals surface area contributed by atoms with Crippen LogP contribution in [0, 0.1) is 6.92 Å². The zero-order valence-electron chi connectivity index (χ0n) is 46.6. The third kappa shape index (κ3) is 11.1. The quantitative estimate of drug-likeness (QED) is 0.117. The first-order valence-corrected chi connectivity index (χ1v) is 28.6. The Morgan fingerprint density at radius 1 is 0.593 bits per heavy atom. The lowest BCUT2D eigenvalue weighted by Gasteiger charge is -2.38. The number of likely N-dealkylation sites (tertiary alicyclic amines) is 3. The van der Waals surface area contributed by atoms with E-state index in [4.69, 9.17) is 35.8 Å². The maximum atomic E-state index is 13.5. The number of carbonyl (C=O) groups excluding carboxylic acids is 3. The number of hydrogen-bond donors (Lipinski definition) is 3. The fourth-order valence-corrected chi connectivity index (χ4v) is 12.8. The maximum absolute atomic E-state index is 13.5. The molecule has 3 spiro atoms. The minimum absolute atomic E-state index is 0.00526. The van der Waals surface area contributed by atoms with Crippen molar-refractivity contribution in [2.45, 2.75) is 94.8 Å². The number of furan rings is 1. The first-order chi connectivity index (χ1) is 39.5. The highest BCUT2D eigenvalue weighted by molar-refractivity contribution is 6.07. The smallest absolute Gasteiger partial charge is 0.256 e. The predicted octanol–water partition coefficient (Wildman–Crippen LogP) is 9.21. The molecule has 0 radical (unpaired) electrons. The zero-order chi connectivity index (χ0) is 56.1. The van der Waals surface area contributed by atoms with Crippen molar-refractivity contribution < 1.29 is 33.0 Å². The number of pyridine rings is 1. The number of fused-ring (bicyclic) bond motifs is 7. The van der Waals surface area contributed by atoms with Gasteiger partial charge in [0, 0.05) is 134 Å². The lowest BCUT2D eigenvalue weighted by Crippen LogP contribution is -2.46. The van der Waals surface area contributed by atoms with Gasteiger partial charge in [-0.05, 0) is 123 Å². The highest BCUT2D eigenvalue weighted by Gasteiger charge is 2.46. The van der Waals surface area contributed by atoms with Crippen LogP contribution in [0.3, 0.4) is 0 Å². The third-order valence-corrected chi connectivity index (χ3v) is 17.9. The van der Waals surface area contributed by atoms with Gasteiger partial charge in [0.15, 0.2) is 0 Å². The van der Waals surface area contributed by atoms with Crippen LogP contribution in [0.25, 0.3) is 23.1 Å². The maximum Gasteiger partial charge on any atom is 0.256 e. The summed E-state index contributed by atoms with van der Waals surface area (Å²) in [5.41, 5.74) is 29.6. The summed E-state index contributed by atoms with van der Waals surface area (Å²) in [6, 6.07) is 32.5. The Balaban J connectivity index is 0.000000128. The molecular formula is C66H74N8O7. The van der Waals surface area contributed by atoms with Crippen molar-refractivity contribution in [2.24, 2.45) is 17.2 Å². The SMILES string of the molecule is CCn1cc(C(=O)N2CCC3(CC2)COc2ccc(CN)cc23)c2cccc(C)c21.NCc1ccc2c(c1)C1(CCN(C(=O)/C=C/c3ccccn3)CC1)CO2.NCc1ccc2c(c1)C1(CCN(C(=O)/C=C/c3ccoc3)CC1)CO2. The number of hydrogen-bond acceptors (Lipinski definition) is 11. The molecule has 0 bridgehead atoms. The van der Waals surface area contributed by atoms with E-state index in [0.717, 1.165) is 140 Å². The number of piperidine rings is 3. The second-order valence-electron chi connectivity index (χ2n) is 22.5. The number of benzene rings is 4. The number of aryl methyl sites for hydroxylation is 2. The summed E-state index contributed by atoms with van der Waals surface area (Å²) in [6.07, 6.45) is 19.3. The number of rotatable bonds is 9. The topological polar surface area (TPSA) is 198 Å². The van der Waals surface area contributed by atoms with Gasteiger partial charge in [-0.15, -0.1) is 0 Å². The number of carbonyl (C=O) groups is 3. The fourth-order valence-electron chi connectivity index (χ4n) is 12.8. The van der Waals surface area contributed by atoms with Crippen molar-refractivity contribution in [1.29, 1.82) is 0 Å². The summed E-state index contributed by atoms with van der Waals surface area (Å²) in [7, 11) is 0. The van der Waals surface area contributed by atoms with Crippen molar-refractivity contribution >= 4 is 40.8 Å². The summed E-state index contributed by atoms with van der Waals surface area (Å²) in [5, 5.41) is 1.06. The number of ether oxygens (including phenoxy) is 3. The van der Waals surface area contributed by atoms with Gasteiger partial charge in [-0.1, -0.05) is 60.7 Å². The molecule has 3 fully saturated rings. The summed E-state index contributed by atoms with van der Waals surface area (Å²) < 4.78 is 25.1. The summed E-state index contributed by atoms with van der Waals surface area (Å²) in [5.74, 6) is 3.15. The van der Waals surface area contributed by atoms with Crippen LogP contribution in [0.15, 0.2) is 139 Å². The van der Waals surface area contributed by atoms with Crippen molar-refractivity contribution in [1.82, 2.24) is 24.3 Å². The molecule has 3 aromatic heterocycles. The zero-order valence-corrected chi connectivity index (χ0v) is 46.6. The summed E-state index contributed by atoms with van der Waals surface area (Å²) in [6.45, 7) is 13.2. The number of nitrogens with two attached hydrogens (primary N) is 3. The van der Waals surface area contributed by atoms with E-state index in [1.807, 2.05) is 87.6 Å². The van der Waals surface area contributed by atoms with Crippen LogP contribution in [0.1, 0.15) is 106 Å². The molecule has 7 aromatic rings. The van der Waals surface area contributed by atoms with E-state index in [0.29, 0.717) is 39.5 Å². The minimum atomic E-state index is 0.00526. The lowest BCUT2D eigenvalue weighted by atomic mass is 9.74. The average molecular weight is 1090 g/mol. The van der Waals surface area contributed by atoms with E-state index in [-0.39, 0.29) is 34.0 Å². The van der Waals surface area contributed by atoms with Gasteiger partial charge >= 0.3 is 0 Å². The van der Waals surface area contributed by atoms with E-state index in [2.05, 4.69) is 53.7 Å². The molecule has 0 atom stereocenters. The second kappa shape index (κ2) is 23.6. The van der Waals surface area contributed by atoms with Crippen LogP contribution < -0.4 is 31.4 Å². The van der Waals surface area contributed by atoms with Crippen molar-refractivity contribution in [3.05, 3.63) is 190 Å². The molecule has 6 N–H and O–H groups in total. The van der Waals surface area contributed by atoms with E-state index in [9.17, 15) is 14.4 Å². The fraction of sp³-hybridized carbons (Fsp3) is 0.364. The van der Waals surface area contributed by atoms with Gasteiger partial charge in [0.2, 0.25) is 11.8 Å². The number of aromatic nitrogens is 2. The summed E-state index contributed by atoms with van der Waals surface area (Å²) in [4.78, 5) is 48.4. The number of amides is 3. The Morgan fingerprint density at radius 2 is 1.09 bits per heavy atom. The monoisotopic (exact) mass is 1090 g/mol. The molecule has 13 rings (SSSR count). The van der Waals surface area contributed by atoms with Crippen LogP contribution in [-0.2, 0) is 52.0 Å². The lowest BCUT2D eigenvalue weighted by molar-refractivity contribution is -0.128. The van der Waals surface area contributed by atoms with Crippen LogP contribution >= 0.6 is 0 Å². The van der Waals surface area contributed by atoms with Gasteiger partial charge < -0.3 is 55.1 Å². The van der Waals surface area contributed by atoms with Crippen LogP contribution in [0.2, 0.25) is 0 Å². The molecule has 3 amide bonds. The van der Waals surface area contributed by atoms with E-state index < -0.39 is 0 Å². The number of para-hydroxylation sites is 1. The molecule has 15 nitrogen and oxygen atoms in total. The molecule has 0 unspecified atom stereocenters. The molecule has 420 valence electrons. The van der Waals surface area contributed by atoms with Crippen LogP contribution in [0.4, 0.5) is 0 Å². The predicted molar refractivity (Wildman–Crippen MR) is 315 cm³/mol. The molecule has 0 saturated carbocycles. The van der Waals surface area contributed by atoms with Crippen LogP contribution in [0.5, 0.6) is 17.2 Å². The first kappa shape index (κ1) is 55.0. The van der Waals surface area contributed by atoms with Crippen LogP contribution in [-0.4, -0.2) is 101 Å². The molecule has 6 aliphatic rings. The molecule has 81 heavy (non-hydrogen) atoms. The third-order valence-electron chi connectivity index (χ3n) is 17.9. The molecule has 0 aliphatic carbocycles. The Labute approximate surface area is 474 Å². The molecule has 9 heterocycles. The molecular weight excluding hydrogens is 1020 g/mol. The van der Waals surface area contributed by atoms with E-state index in [1.165, 1.54) is 27.8 Å². The Kier molecular flexibility index (Phi) is 16.0. The Hall–Kier alpha value is -7.98. The van der Waals surface area contributed by atoms with Crippen molar-refractivity contribution in [3.63, 3.8) is 0 Å². The van der Waals surface area contributed by atoms with Gasteiger partial charge in [0.05, 0.1) is 49.1 Å². The standard InChI is InChI=1S/C25H29N3O2.C21H23N3O2.C20H22N2O3/c1-3-27-15-20(19-6-4-5-17(2)23(19)27)24(29)28-11-9-25(10-12-28)16-30-22-8-7-18(14-26)13-21(22)25;22-14-16-4-6-19-18(13-16)21(15-26-19)8-11-24(12-9-21)20(25)7-5-17-3-1-2-10-23-17;21-12-16-1-3-18-17(11-16)20(14-25-18)6-8-22(9-7-20)19(23)4-2-15-5-10-24-13-15/h4-8,13,15H,3,9-12,14,16,26H2,1-2H3;1-7,10,13H,8-9,11-12,14-15,22H2;1-5,10-11,13H,6-9,12,14,21H2/b;7-5+;4-2+. The summed E-state index contributed by atoms with van der Waals surface area (Å²) >= 11 is 0. The minimum Gasteiger partial charge on any atom is -0.492 e. The van der Waals surface area contributed by atoms with Gasteiger partial charge in [-0.2, -0.15) is 0 Å². The Bertz CT molecular complexity index is 3450. The normalized spacial score (nSPS) is 18.0. The first-order valence-electron chi connectivity index (χ1n) is 28.6. The average Bonchev–Trinajstić information content (AvgIpc) is 4.57. The van der Waals surface area contributed by atoms with E-state index in [1.54, 1.807) is 43.0 Å². The van der Waals surface area contributed by atoms with Crippen molar-refractivity contribution in [3.8, 4) is 17.2 Å². The van der Waals surface area contributed by atoms with E-state index >= 15 is 0 Å². The highest BCUT2D eigenvalue weighted by atomic mass is 16.5. The van der Waals surface area contributed by atoms with Gasteiger partial charge in [0.1, 0.15) is 17.2 Å². The largest absolute Gasteiger partial charge is 0.492 e.